The van der Waals surface area contributed by atoms with E-state index in [-0.39, 0.29) is 29.7 Å². The maximum atomic E-state index is 13.6. The second-order valence-electron chi connectivity index (χ2n) is 6.69. The molecule has 0 atom stereocenters. The van der Waals surface area contributed by atoms with Gasteiger partial charge in [-0.3, -0.25) is 9.59 Å². The van der Waals surface area contributed by atoms with Crippen LogP contribution in [0.15, 0.2) is 53.7 Å². The van der Waals surface area contributed by atoms with Crippen LogP contribution in [0.25, 0.3) is 0 Å². The summed E-state index contributed by atoms with van der Waals surface area (Å²) in [5, 5.41) is 14.2. The molecule has 0 aliphatic carbocycles. The fraction of sp³-hybridized carbons (Fsp3) is 0.238. The summed E-state index contributed by atoms with van der Waals surface area (Å²) in [4.78, 5) is 24.2. The van der Waals surface area contributed by atoms with E-state index in [1.807, 2.05) is 31.2 Å². The van der Waals surface area contributed by atoms with Gasteiger partial charge in [0.2, 0.25) is 11.8 Å². The molecule has 0 saturated carbocycles. The van der Waals surface area contributed by atoms with Crippen molar-refractivity contribution >= 4 is 35.0 Å². The smallest absolute Gasteiger partial charge is 0.234 e. The van der Waals surface area contributed by atoms with Gasteiger partial charge in [0.05, 0.1) is 11.4 Å². The van der Waals surface area contributed by atoms with E-state index in [0.717, 1.165) is 11.3 Å². The summed E-state index contributed by atoms with van der Waals surface area (Å²) in [6, 6.07) is 13.6. The lowest BCUT2D eigenvalue weighted by atomic mass is 10.2. The zero-order valence-electron chi connectivity index (χ0n) is 16.7. The van der Waals surface area contributed by atoms with Gasteiger partial charge in [-0.05, 0) is 36.8 Å². The Hall–Kier alpha value is -3.20. The molecule has 9 heteroatoms. The number of rotatable bonds is 8. The molecule has 156 valence electrons. The summed E-state index contributed by atoms with van der Waals surface area (Å²) in [5.41, 5.74) is 1.97. The van der Waals surface area contributed by atoms with Gasteiger partial charge < -0.3 is 15.2 Å². The number of aryl methyl sites for hydroxylation is 2. The highest BCUT2D eigenvalue weighted by atomic mass is 32.2. The Morgan fingerprint density at radius 3 is 2.63 bits per heavy atom. The van der Waals surface area contributed by atoms with Gasteiger partial charge in [-0.1, -0.05) is 36.0 Å². The Morgan fingerprint density at radius 2 is 1.87 bits per heavy atom. The Bertz CT molecular complexity index is 1050. The zero-order chi connectivity index (χ0) is 21.5. The van der Waals surface area contributed by atoms with Crippen LogP contribution in [0.1, 0.15) is 17.8 Å². The third kappa shape index (κ3) is 5.90. The number of hydrogen-bond acceptors (Lipinski definition) is 5. The first-order chi connectivity index (χ1) is 14.4. The van der Waals surface area contributed by atoms with E-state index < -0.39 is 5.82 Å². The van der Waals surface area contributed by atoms with E-state index in [2.05, 4.69) is 20.8 Å². The average molecular weight is 428 g/mol. The first-order valence-electron chi connectivity index (χ1n) is 9.34. The molecule has 0 saturated heterocycles. The van der Waals surface area contributed by atoms with Crippen molar-refractivity contribution in [2.75, 3.05) is 16.4 Å². The normalized spacial score (nSPS) is 10.6. The molecule has 3 rings (SSSR count). The van der Waals surface area contributed by atoms with E-state index in [1.165, 1.54) is 23.9 Å². The molecule has 0 radical (unpaired) electrons. The molecular weight excluding hydrogens is 405 g/mol. The fourth-order valence-corrected chi connectivity index (χ4v) is 3.47. The number of amides is 2. The number of benzene rings is 2. The first-order valence-corrected chi connectivity index (χ1v) is 10.3. The number of halogens is 1. The Morgan fingerprint density at radius 1 is 1.07 bits per heavy atom. The van der Waals surface area contributed by atoms with Crippen molar-refractivity contribution in [3.05, 3.63) is 65.7 Å². The predicted octanol–water partition coefficient (Wildman–Crippen LogP) is 3.56. The number of carbonyl (C=O) groups excluding carboxylic acids is 2. The topological polar surface area (TPSA) is 88.9 Å². The summed E-state index contributed by atoms with van der Waals surface area (Å²) < 4.78 is 15.4. The molecule has 2 amide bonds. The van der Waals surface area contributed by atoms with Gasteiger partial charge in [0.1, 0.15) is 11.6 Å². The van der Waals surface area contributed by atoms with Gasteiger partial charge >= 0.3 is 0 Å². The van der Waals surface area contributed by atoms with Gasteiger partial charge in [0.25, 0.3) is 0 Å². The fourth-order valence-electron chi connectivity index (χ4n) is 2.74. The third-order valence-corrected chi connectivity index (χ3v) is 5.30. The van der Waals surface area contributed by atoms with Gasteiger partial charge in [-0.15, -0.1) is 10.2 Å². The molecular formula is C21H22FN5O2S. The number of carbonyl (C=O) groups is 2. The van der Waals surface area contributed by atoms with Crippen molar-refractivity contribution in [3.63, 3.8) is 0 Å². The number of thioether (sulfide) groups is 1. The molecule has 0 unspecified atom stereocenters. The highest BCUT2D eigenvalue weighted by molar-refractivity contribution is 7.99. The second-order valence-corrected chi connectivity index (χ2v) is 7.63. The van der Waals surface area contributed by atoms with Gasteiger partial charge in [0, 0.05) is 25.6 Å². The monoisotopic (exact) mass is 427 g/mol. The number of anilines is 2. The van der Waals surface area contributed by atoms with Crippen LogP contribution in [0.4, 0.5) is 15.8 Å². The standard InChI is InChI=1S/C21H22FN5O2S/c1-14-6-5-7-15(12-14)23-20(29)13-30-21-26-25-18(27(21)2)10-11-19(28)24-17-9-4-3-8-16(17)22/h3-9,12H,10-11,13H2,1-2H3,(H,23,29)(H,24,28). The van der Waals surface area contributed by atoms with Crippen LogP contribution in [0.2, 0.25) is 0 Å². The summed E-state index contributed by atoms with van der Waals surface area (Å²) >= 11 is 1.27. The van der Waals surface area contributed by atoms with Crippen LogP contribution in [0.3, 0.4) is 0 Å². The minimum Gasteiger partial charge on any atom is -0.325 e. The SMILES string of the molecule is Cc1cccc(NC(=O)CSc2nnc(CCC(=O)Nc3ccccc3F)n2C)c1. The molecule has 0 spiro atoms. The van der Waals surface area contributed by atoms with Crippen LogP contribution in [0.5, 0.6) is 0 Å². The molecule has 1 heterocycles. The lowest BCUT2D eigenvalue weighted by molar-refractivity contribution is -0.116. The summed E-state index contributed by atoms with van der Waals surface area (Å²) in [7, 11) is 1.78. The molecule has 7 nitrogen and oxygen atoms in total. The van der Waals surface area contributed by atoms with Crippen molar-refractivity contribution in [2.24, 2.45) is 7.05 Å². The van der Waals surface area contributed by atoms with E-state index in [9.17, 15) is 14.0 Å². The highest BCUT2D eigenvalue weighted by Gasteiger charge is 2.14. The molecule has 0 aliphatic rings. The second kappa shape index (κ2) is 10.0. The molecule has 2 N–H and O–H groups in total. The van der Waals surface area contributed by atoms with Crippen molar-refractivity contribution in [3.8, 4) is 0 Å². The predicted molar refractivity (Wildman–Crippen MR) is 115 cm³/mol. The first kappa shape index (κ1) is 21.5. The van der Waals surface area contributed by atoms with Gasteiger partial charge in [-0.25, -0.2) is 4.39 Å². The van der Waals surface area contributed by atoms with Gasteiger partial charge in [0.15, 0.2) is 5.16 Å². The lowest BCUT2D eigenvalue weighted by Crippen LogP contribution is -2.15. The molecule has 0 fully saturated rings. The Balaban J connectivity index is 1.48. The molecule has 30 heavy (non-hydrogen) atoms. The minimum absolute atomic E-state index is 0.138. The van der Waals surface area contributed by atoms with Crippen molar-refractivity contribution in [1.82, 2.24) is 14.8 Å². The van der Waals surface area contributed by atoms with Crippen LogP contribution in [0, 0.1) is 12.7 Å². The number of para-hydroxylation sites is 1. The number of nitrogens with one attached hydrogen (secondary N) is 2. The van der Waals surface area contributed by atoms with Crippen molar-refractivity contribution in [2.45, 2.75) is 24.9 Å². The molecule has 3 aromatic rings. The van der Waals surface area contributed by atoms with Crippen LogP contribution in [-0.4, -0.2) is 32.3 Å². The summed E-state index contributed by atoms with van der Waals surface area (Å²) in [5.74, 6) is -0.130. The quantitative estimate of drug-likeness (QED) is 0.537. The van der Waals surface area contributed by atoms with Crippen LogP contribution < -0.4 is 10.6 Å². The number of aromatic nitrogens is 3. The number of hydrogen-bond donors (Lipinski definition) is 2. The minimum atomic E-state index is -0.480. The largest absolute Gasteiger partial charge is 0.325 e. The number of nitrogens with zero attached hydrogens (tertiary/aromatic N) is 3. The third-order valence-electron chi connectivity index (χ3n) is 4.28. The Kier molecular flexibility index (Phi) is 7.18. The zero-order valence-corrected chi connectivity index (χ0v) is 17.5. The van der Waals surface area contributed by atoms with E-state index in [0.29, 0.717) is 17.4 Å². The molecule has 0 bridgehead atoms. The summed E-state index contributed by atoms with van der Waals surface area (Å²) in [6.45, 7) is 1.96. The maximum absolute atomic E-state index is 13.6. The Labute approximate surface area is 178 Å². The van der Waals surface area contributed by atoms with Crippen molar-refractivity contribution < 1.29 is 14.0 Å². The molecule has 0 aliphatic heterocycles. The van der Waals surface area contributed by atoms with E-state index in [4.69, 9.17) is 0 Å². The van der Waals surface area contributed by atoms with E-state index in [1.54, 1.807) is 23.7 Å². The average Bonchev–Trinajstić information content (AvgIpc) is 3.06. The maximum Gasteiger partial charge on any atom is 0.234 e. The van der Waals surface area contributed by atoms with Crippen LogP contribution >= 0.6 is 11.8 Å². The van der Waals surface area contributed by atoms with E-state index >= 15 is 0 Å². The highest BCUT2D eigenvalue weighted by Crippen LogP contribution is 2.18. The summed E-state index contributed by atoms with van der Waals surface area (Å²) in [6.07, 6.45) is 0.485. The van der Waals surface area contributed by atoms with Crippen molar-refractivity contribution in [1.29, 1.82) is 0 Å². The van der Waals surface area contributed by atoms with Crippen LogP contribution in [-0.2, 0) is 23.1 Å². The van der Waals surface area contributed by atoms with Gasteiger partial charge in [-0.2, -0.15) is 0 Å². The lowest BCUT2D eigenvalue weighted by Gasteiger charge is -2.07. The molecule has 1 aromatic heterocycles. The molecule has 2 aromatic carbocycles.